The van der Waals surface area contributed by atoms with Crippen LogP contribution in [-0.2, 0) is 65.7 Å². The molecule has 0 bridgehead atoms. The molecular weight excluding hydrogens is 847 g/mol. The molecule has 23 heteroatoms. The fourth-order valence-corrected chi connectivity index (χ4v) is 9.59. The summed E-state index contributed by atoms with van der Waals surface area (Å²) in [7, 11) is -21.4. The average molecular weight is 904 g/mol. The van der Waals surface area contributed by atoms with Gasteiger partial charge in [0.1, 0.15) is 5.60 Å². The van der Waals surface area contributed by atoms with Gasteiger partial charge in [0.05, 0.1) is 12.0 Å². The predicted molar refractivity (Wildman–Crippen MR) is 220 cm³/mol. The van der Waals surface area contributed by atoms with Crippen LogP contribution in [0.15, 0.2) is 76.3 Å². The van der Waals surface area contributed by atoms with Gasteiger partial charge in [-0.05, 0) is 64.9 Å². The molecule has 0 spiro atoms. The fourth-order valence-electron chi connectivity index (χ4n) is 4.54. The predicted octanol–water partition coefficient (Wildman–Crippen LogP) is 2.96. The first-order chi connectivity index (χ1) is 25.9. The van der Waals surface area contributed by atoms with Crippen molar-refractivity contribution in [3.8, 4) is 0 Å². The quantitative estimate of drug-likeness (QED) is 0.0936. The Bertz CT molecular complexity index is 2130. The standard InChI is InChI=1S/C34H57N5O13S5/c1-10-51-56(47,48)23-19-32(27(4)5)38-55(45,46)20-16-28(6)35-53(41,42)21-18-31(25-29-14-12-11-13-15-29)36-54(43,44)22-17-30(24-26(2)3)37-57(49,50)39-33(40)52-34(7,8)9/h11-23,26-28,30-32,35-38H,10,24-25H2,1-9H3,(H,39,40)/b20-16+,21-18+,22-17+,23-19+/t28-,30+,31+,32+/m0/s1. The molecule has 1 amide bonds. The van der Waals surface area contributed by atoms with Crippen molar-refractivity contribution >= 4 is 56.5 Å². The summed E-state index contributed by atoms with van der Waals surface area (Å²) >= 11 is 0. The second-order valence-corrected chi connectivity index (χ2v) is 22.3. The van der Waals surface area contributed by atoms with Crippen LogP contribution in [0.3, 0.4) is 0 Å². The number of carbonyl (C=O) groups excluding carboxylic acids is 1. The molecular formula is C34H57N5O13S5. The van der Waals surface area contributed by atoms with Crippen molar-refractivity contribution in [3.63, 3.8) is 0 Å². The fraction of sp³-hybridized carbons (Fsp3) is 0.559. The Morgan fingerprint density at radius 1 is 0.684 bits per heavy atom. The SMILES string of the molecule is CCOS(=O)(=O)/C=C/[C@@H](NS(=O)(=O)/C=C/[C@H](C)NS(=O)(=O)/C=C/[C@H](Cc1ccccc1)NS(=O)(=O)/C=C/[C@H](CC(C)C)NS(=O)(=O)NC(=O)OC(C)(C)C)C(C)C. The van der Waals surface area contributed by atoms with E-state index in [-0.39, 0.29) is 31.3 Å². The average Bonchev–Trinajstić information content (AvgIpc) is 3.02. The van der Waals surface area contributed by atoms with E-state index in [0.717, 1.165) is 45.9 Å². The van der Waals surface area contributed by atoms with E-state index in [1.165, 1.54) is 13.8 Å². The third kappa shape index (κ3) is 24.5. The molecule has 0 saturated carbocycles. The third-order valence-electron chi connectivity index (χ3n) is 6.89. The lowest BCUT2D eigenvalue weighted by Crippen LogP contribution is -2.46. The lowest BCUT2D eigenvalue weighted by Gasteiger charge is -2.21. The minimum atomic E-state index is -4.49. The minimum Gasteiger partial charge on any atom is -0.443 e. The van der Waals surface area contributed by atoms with Gasteiger partial charge in [0.2, 0.25) is 30.1 Å². The summed E-state index contributed by atoms with van der Waals surface area (Å²) in [6, 6.07) is 4.27. The Kier molecular flexibility index (Phi) is 20.4. The van der Waals surface area contributed by atoms with Crippen LogP contribution in [0.5, 0.6) is 0 Å². The monoisotopic (exact) mass is 903 g/mol. The minimum absolute atomic E-state index is 0.00149. The van der Waals surface area contributed by atoms with Gasteiger partial charge in [0.15, 0.2) is 0 Å². The van der Waals surface area contributed by atoms with Crippen molar-refractivity contribution in [2.75, 3.05) is 6.61 Å². The zero-order valence-corrected chi connectivity index (χ0v) is 37.5. The molecule has 1 aromatic rings. The zero-order valence-electron chi connectivity index (χ0n) is 33.4. The van der Waals surface area contributed by atoms with Crippen LogP contribution >= 0.6 is 0 Å². The van der Waals surface area contributed by atoms with Crippen molar-refractivity contribution in [2.24, 2.45) is 11.8 Å². The van der Waals surface area contributed by atoms with Crippen LogP contribution in [-0.4, -0.2) is 84.6 Å². The number of rotatable bonds is 24. The molecule has 0 saturated heterocycles. The van der Waals surface area contributed by atoms with Gasteiger partial charge >= 0.3 is 16.3 Å². The normalized spacial score (nSPS) is 16.2. The Labute approximate surface area is 339 Å². The molecule has 18 nitrogen and oxygen atoms in total. The number of hydrogen-bond donors (Lipinski definition) is 5. The van der Waals surface area contributed by atoms with Crippen LogP contribution in [0, 0.1) is 11.8 Å². The summed E-state index contributed by atoms with van der Waals surface area (Å²) in [5.74, 6) is -0.493. The Hall–Kier alpha value is -3.00. The van der Waals surface area contributed by atoms with Crippen molar-refractivity contribution in [1.29, 1.82) is 0 Å². The van der Waals surface area contributed by atoms with Gasteiger partial charge in [-0.15, -0.1) is 0 Å². The van der Waals surface area contributed by atoms with E-state index in [1.54, 1.807) is 83.5 Å². The maximum absolute atomic E-state index is 13.3. The lowest BCUT2D eigenvalue weighted by atomic mass is 10.1. The summed E-state index contributed by atoms with van der Waals surface area (Å²) in [6.07, 6.45) is 3.25. The molecule has 1 aromatic carbocycles. The van der Waals surface area contributed by atoms with Crippen molar-refractivity contribution in [1.82, 2.24) is 23.6 Å². The highest BCUT2D eigenvalue weighted by atomic mass is 32.2. The van der Waals surface area contributed by atoms with Crippen LogP contribution in [0.4, 0.5) is 4.79 Å². The number of benzene rings is 1. The first kappa shape index (κ1) is 52.0. The highest BCUT2D eigenvalue weighted by molar-refractivity contribution is 7.93. The molecule has 0 aliphatic carbocycles. The first-order valence-corrected chi connectivity index (χ1v) is 25.3. The van der Waals surface area contributed by atoms with Crippen molar-refractivity contribution in [2.45, 2.75) is 105 Å². The van der Waals surface area contributed by atoms with E-state index in [2.05, 4.69) is 23.1 Å². The lowest BCUT2D eigenvalue weighted by molar-refractivity contribution is 0.0569. The van der Waals surface area contributed by atoms with Gasteiger partial charge in [-0.3, -0.25) is 4.18 Å². The molecule has 326 valence electrons. The first-order valence-electron chi connectivity index (χ1n) is 17.7. The summed E-state index contributed by atoms with van der Waals surface area (Å²) in [6.45, 7) is 14.2. The van der Waals surface area contributed by atoms with Gasteiger partial charge in [0, 0.05) is 40.4 Å². The van der Waals surface area contributed by atoms with Gasteiger partial charge < -0.3 is 4.74 Å². The molecule has 0 heterocycles. The van der Waals surface area contributed by atoms with Crippen LogP contribution in [0.25, 0.3) is 0 Å². The summed E-state index contributed by atoms with van der Waals surface area (Å²) in [5, 5.41) is 2.93. The van der Waals surface area contributed by atoms with E-state index in [0.29, 0.717) is 5.56 Å². The third-order valence-corrected chi connectivity index (χ3v) is 12.5. The van der Waals surface area contributed by atoms with E-state index in [1.807, 2.05) is 0 Å². The van der Waals surface area contributed by atoms with Crippen LogP contribution in [0.2, 0.25) is 0 Å². The molecule has 0 radical (unpaired) electrons. The number of carbonyl (C=O) groups is 1. The van der Waals surface area contributed by atoms with Gasteiger partial charge in [0.25, 0.3) is 10.1 Å². The van der Waals surface area contributed by atoms with Crippen molar-refractivity contribution in [3.05, 3.63) is 81.8 Å². The number of nitrogens with one attached hydrogen (secondary N) is 5. The molecule has 0 aliphatic heterocycles. The largest absolute Gasteiger partial charge is 0.443 e. The Balaban J connectivity index is 3.23. The van der Waals surface area contributed by atoms with E-state index in [4.69, 9.17) is 4.74 Å². The summed E-state index contributed by atoms with van der Waals surface area (Å²) in [5.41, 5.74) is -0.341. The second-order valence-electron chi connectivity index (χ2n) is 14.5. The molecule has 57 heavy (non-hydrogen) atoms. The van der Waals surface area contributed by atoms with Gasteiger partial charge in [-0.2, -0.15) is 21.6 Å². The summed E-state index contributed by atoms with van der Waals surface area (Å²) < 4.78 is 148. The number of amides is 1. The molecule has 5 N–H and O–H groups in total. The molecule has 0 aliphatic rings. The second kappa shape index (κ2) is 22.4. The molecule has 0 aromatic heterocycles. The molecule has 1 rings (SSSR count). The molecule has 4 atom stereocenters. The maximum atomic E-state index is 13.3. The van der Waals surface area contributed by atoms with E-state index < -0.39 is 86.3 Å². The number of ether oxygens (including phenoxy) is 1. The highest BCUT2D eigenvalue weighted by Gasteiger charge is 2.25. The topological polar surface area (TPSA) is 266 Å². The molecule has 0 fully saturated rings. The summed E-state index contributed by atoms with van der Waals surface area (Å²) in [4.78, 5) is 12.1. The van der Waals surface area contributed by atoms with Gasteiger partial charge in [-0.1, -0.05) is 82.3 Å². The maximum Gasteiger partial charge on any atom is 0.422 e. The van der Waals surface area contributed by atoms with Gasteiger partial charge in [-0.25, -0.2) is 48.9 Å². The van der Waals surface area contributed by atoms with Crippen molar-refractivity contribution < 1.29 is 55.8 Å². The Morgan fingerprint density at radius 3 is 1.74 bits per heavy atom. The van der Waals surface area contributed by atoms with E-state index >= 15 is 0 Å². The zero-order chi connectivity index (χ0) is 43.9. The molecule has 0 unspecified atom stereocenters. The van der Waals surface area contributed by atoms with E-state index in [9.17, 15) is 46.9 Å². The van der Waals surface area contributed by atoms with Crippen LogP contribution in [0.1, 0.15) is 74.3 Å². The highest BCUT2D eigenvalue weighted by Crippen LogP contribution is 2.12. The smallest absolute Gasteiger partial charge is 0.422 e. The van der Waals surface area contributed by atoms with Crippen LogP contribution < -0.4 is 23.6 Å². The Morgan fingerprint density at radius 2 is 1.21 bits per heavy atom. The number of sulfonamides is 3. The number of hydrogen-bond acceptors (Lipinski definition) is 13.